The maximum Gasteiger partial charge on any atom is 0.193 e. The number of aliphatic imine (C=N–C) groups is 1. The maximum atomic E-state index is 5.86. The van der Waals surface area contributed by atoms with Crippen LogP contribution in [0, 0.1) is 11.3 Å². The molecule has 3 rings (SSSR count). The van der Waals surface area contributed by atoms with Crippen LogP contribution in [0.25, 0.3) is 0 Å². The molecular formula is C20H37N3O2. The normalized spacial score (nSPS) is 24.4. The molecule has 5 nitrogen and oxygen atoms in total. The Hall–Kier alpha value is -0.810. The Morgan fingerprint density at radius 3 is 2.80 bits per heavy atom. The minimum Gasteiger partial charge on any atom is -0.381 e. The lowest BCUT2D eigenvalue weighted by Gasteiger charge is -2.26. The SMILES string of the molecule is CCNC(=NCCCOCC1CCOCC1)N1CCC2(CCCC2)C1. The molecule has 3 aliphatic rings. The topological polar surface area (TPSA) is 46.1 Å². The second kappa shape index (κ2) is 9.77. The molecule has 0 bridgehead atoms. The van der Waals surface area contributed by atoms with E-state index in [9.17, 15) is 0 Å². The monoisotopic (exact) mass is 351 g/mol. The molecule has 2 heterocycles. The van der Waals surface area contributed by atoms with E-state index in [1.165, 1.54) is 45.2 Å². The number of nitrogens with zero attached hydrogens (tertiary/aromatic N) is 2. The molecule has 5 heteroatoms. The lowest BCUT2D eigenvalue weighted by molar-refractivity contribution is 0.0205. The Morgan fingerprint density at radius 1 is 1.24 bits per heavy atom. The third-order valence-corrected chi connectivity index (χ3v) is 6.14. The van der Waals surface area contributed by atoms with Gasteiger partial charge in [0.2, 0.25) is 0 Å². The molecule has 144 valence electrons. The van der Waals surface area contributed by atoms with Crippen LogP contribution in [-0.2, 0) is 9.47 Å². The van der Waals surface area contributed by atoms with Crippen molar-refractivity contribution in [1.29, 1.82) is 0 Å². The van der Waals surface area contributed by atoms with Crippen molar-refractivity contribution >= 4 is 5.96 Å². The van der Waals surface area contributed by atoms with Gasteiger partial charge in [0.05, 0.1) is 0 Å². The molecule has 1 N–H and O–H groups in total. The number of likely N-dealkylation sites (tertiary alicyclic amines) is 1. The predicted octanol–water partition coefficient (Wildman–Crippen LogP) is 3.05. The van der Waals surface area contributed by atoms with Crippen molar-refractivity contribution in [3.63, 3.8) is 0 Å². The molecule has 2 aliphatic heterocycles. The van der Waals surface area contributed by atoms with E-state index in [2.05, 4.69) is 17.1 Å². The largest absolute Gasteiger partial charge is 0.381 e. The van der Waals surface area contributed by atoms with E-state index in [1.54, 1.807) is 0 Å². The summed E-state index contributed by atoms with van der Waals surface area (Å²) in [5.41, 5.74) is 0.600. The molecule has 1 spiro atoms. The van der Waals surface area contributed by atoms with E-state index in [1.807, 2.05) is 0 Å². The van der Waals surface area contributed by atoms with Gasteiger partial charge in [-0.15, -0.1) is 0 Å². The van der Waals surface area contributed by atoms with Crippen molar-refractivity contribution in [2.75, 3.05) is 52.6 Å². The molecule has 0 amide bonds. The van der Waals surface area contributed by atoms with Crippen molar-refractivity contribution in [2.45, 2.75) is 58.3 Å². The van der Waals surface area contributed by atoms with E-state index < -0.39 is 0 Å². The zero-order valence-electron chi connectivity index (χ0n) is 16.1. The fraction of sp³-hybridized carbons (Fsp3) is 0.950. The summed E-state index contributed by atoms with van der Waals surface area (Å²) in [5, 5.41) is 3.49. The maximum absolute atomic E-state index is 5.86. The highest BCUT2D eigenvalue weighted by Gasteiger charge is 2.41. The van der Waals surface area contributed by atoms with Crippen LogP contribution in [0.3, 0.4) is 0 Å². The fourth-order valence-corrected chi connectivity index (χ4v) is 4.59. The van der Waals surface area contributed by atoms with Gasteiger partial charge in [-0.05, 0) is 56.8 Å². The average molecular weight is 352 g/mol. The fourth-order valence-electron chi connectivity index (χ4n) is 4.59. The second-order valence-electron chi connectivity index (χ2n) is 8.10. The van der Waals surface area contributed by atoms with Crippen LogP contribution >= 0.6 is 0 Å². The van der Waals surface area contributed by atoms with Crippen LogP contribution < -0.4 is 5.32 Å². The first-order chi connectivity index (χ1) is 12.3. The molecule has 2 saturated heterocycles. The highest BCUT2D eigenvalue weighted by Crippen LogP contribution is 2.45. The number of hydrogen-bond acceptors (Lipinski definition) is 3. The zero-order valence-corrected chi connectivity index (χ0v) is 16.1. The molecule has 0 unspecified atom stereocenters. The summed E-state index contributed by atoms with van der Waals surface area (Å²) in [6.45, 7) is 9.87. The van der Waals surface area contributed by atoms with Gasteiger partial charge in [-0.2, -0.15) is 0 Å². The van der Waals surface area contributed by atoms with Crippen molar-refractivity contribution in [3.8, 4) is 0 Å². The summed E-state index contributed by atoms with van der Waals surface area (Å²) in [6.07, 6.45) is 10.4. The van der Waals surface area contributed by atoms with Gasteiger partial charge in [0.25, 0.3) is 0 Å². The molecule has 0 radical (unpaired) electrons. The molecule has 0 aromatic carbocycles. The zero-order chi connectivity index (χ0) is 17.4. The van der Waals surface area contributed by atoms with Crippen LogP contribution in [0.5, 0.6) is 0 Å². The van der Waals surface area contributed by atoms with Gasteiger partial charge in [0.1, 0.15) is 0 Å². The van der Waals surface area contributed by atoms with Crippen molar-refractivity contribution in [1.82, 2.24) is 10.2 Å². The first-order valence-corrected chi connectivity index (χ1v) is 10.5. The highest BCUT2D eigenvalue weighted by molar-refractivity contribution is 5.80. The van der Waals surface area contributed by atoms with E-state index >= 15 is 0 Å². The Labute approximate surface area is 153 Å². The van der Waals surface area contributed by atoms with Gasteiger partial charge in [0.15, 0.2) is 5.96 Å². The minimum atomic E-state index is 0.600. The Bertz CT molecular complexity index is 415. The van der Waals surface area contributed by atoms with E-state index in [4.69, 9.17) is 14.5 Å². The predicted molar refractivity (Wildman–Crippen MR) is 102 cm³/mol. The Morgan fingerprint density at radius 2 is 2.04 bits per heavy atom. The Balaban J connectivity index is 1.35. The van der Waals surface area contributed by atoms with Crippen LogP contribution in [0.2, 0.25) is 0 Å². The smallest absolute Gasteiger partial charge is 0.193 e. The first kappa shape index (κ1) is 19.0. The van der Waals surface area contributed by atoms with E-state index in [-0.39, 0.29) is 0 Å². The van der Waals surface area contributed by atoms with E-state index in [0.29, 0.717) is 11.3 Å². The summed E-state index contributed by atoms with van der Waals surface area (Å²) < 4.78 is 11.3. The first-order valence-electron chi connectivity index (χ1n) is 10.5. The quantitative estimate of drug-likeness (QED) is 0.435. The second-order valence-corrected chi connectivity index (χ2v) is 8.10. The van der Waals surface area contributed by atoms with Gasteiger partial charge in [-0.25, -0.2) is 0 Å². The lowest BCUT2D eigenvalue weighted by Crippen LogP contribution is -2.41. The third-order valence-electron chi connectivity index (χ3n) is 6.14. The van der Waals surface area contributed by atoms with Crippen LogP contribution in [0.4, 0.5) is 0 Å². The van der Waals surface area contributed by atoms with Crippen molar-refractivity contribution in [2.24, 2.45) is 16.3 Å². The third kappa shape index (κ3) is 5.58. The molecule has 1 saturated carbocycles. The van der Waals surface area contributed by atoms with Gasteiger partial charge in [-0.1, -0.05) is 12.8 Å². The Kier molecular flexibility index (Phi) is 7.41. The molecular weight excluding hydrogens is 314 g/mol. The number of rotatable bonds is 7. The number of nitrogens with one attached hydrogen (secondary N) is 1. The minimum absolute atomic E-state index is 0.600. The summed E-state index contributed by atoms with van der Waals surface area (Å²) in [5.74, 6) is 1.82. The standard InChI is InChI=1S/C20H37N3O2/c1-2-21-19(23-12-10-20(17-23)8-3-4-9-20)22-11-5-13-25-16-18-6-14-24-15-7-18/h18H,2-17H2,1H3,(H,21,22). The lowest BCUT2D eigenvalue weighted by atomic mass is 9.86. The van der Waals surface area contributed by atoms with Gasteiger partial charge in [0, 0.05) is 52.6 Å². The molecule has 0 atom stereocenters. The number of guanidine groups is 1. The van der Waals surface area contributed by atoms with Crippen molar-refractivity contribution < 1.29 is 9.47 Å². The number of hydrogen-bond donors (Lipinski definition) is 1. The number of ether oxygens (including phenoxy) is 2. The molecule has 0 aromatic heterocycles. The summed E-state index contributed by atoms with van der Waals surface area (Å²) in [7, 11) is 0. The average Bonchev–Trinajstić information content (AvgIpc) is 3.28. The molecule has 25 heavy (non-hydrogen) atoms. The van der Waals surface area contributed by atoms with Gasteiger partial charge in [-0.3, -0.25) is 4.99 Å². The highest BCUT2D eigenvalue weighted by atomic mass is 16.5. The summed E-state index contributed by atoms with van der Waals surface area (Å²) >= 11 is 0. The van der Waals surface area contributed by atoms with Crippen molar-refractivity contribution in [3.05, 3.63) is 0 Å². The molecule has 3 fully saturated rings. The molecule has 0 aromatic rings. The van der Waals surface area contributed by atoms with Gasteiger partial charge < -0.3 is 19.7 Å². The van der Waals surface area contributed by atoms with Crippen LogP contribution in [-0.4, -0.2) is 63.5 Å². The molecule has 1 aliphatic carbocycles. The van der Waals surface area contributed by atoms with E-state index in [0.717, 1.165) is 64.7 Å². The summed E-state index contributed by atoms with van der Waals surface area (Å²) in [4.78, 5) is 7.36. The van der Waals surface area contributed by atoms with Gasteiger partial charge >= 0.3 is 0 Å². The van der Waals surface area contributed by atoms with Crippen LogP contribution in [0.1, 0.15) is 58.3 Å². The van der Waals surface area contributed by atoms with Crippen LogP contribution in [0.15, 0.2) is 4.99 Å². The summed E-state index contributed by atoms with van der Waals surface area (Å²) in [6, 6.07) is 0.